The molecule has 0 bridgehead atoms. The van der Waals surface area contributed by atoms with Gasteiger partial charge < -0.3 is 10.2 Å². The van der Waals surface area contributed by atoms with Gasteiger partial charge in [0.05, 0.1) is 0 Å². The number of nitrogens with zero attached hydrogens (tertiary/aromatic N) is 1. The first-order valence-corrected chi connectivity index (χ1v) is 7.36. The summed E-state index contributed by atoms with van der Waals surface area (Å²) in [5.41, 5.74) is -0.376. The highest BCUT2D eigenvalue weighted by molar-refractivity contribution is 5.82. The van der Waals surface area contributed by atoms with Crippen LogP contribution in [0, 0.1) is 11.3 Å². The lowest BCUT2D eigenvalue weighted by Gasteiger charge is -2.38. The average Bonchev–Trinajstić information content (AvgIpc) is 2.36. The van der Waals surface area contributed by atoms with Gasteiger partial charge in [0, 0.05) is 31.0 Å². The van der Waals surface area contributed by atoms with Crippen molar-refractivity contribution in [1.29, 1.82) is 0 Å². The van der Waals surface area contributed by atoms with Crippen LogP contribution in [-0.4, -0.2) is 35.8 Å². The third-order valence-electron chi connectivity index (χ3n) is 3.79. The first-order valence-electron chi connectivity index (χ1n) is 7.36. The van der Waals surface area contributed by atoms with E-state index in [4.69, 9.17) is 0 Å². The summed E-state index contributed by atoms with van der Waals surface area (Å²) in [5, 5.41) is 3.10. The SMILES string of the molecule is CCC(=O)N1CC(CC)CC(NC(=O)C(C)(C)C)C1. The lowest BCUT2D eigenvalue weighted by Crippen LogP contribution is -2.54. The van der Waals surface area contributed by atoms with Crippen molar-refractivity contribution < 1.29 is 9.59 Å². The molecular formula is C15H28N2O2. The van der Waals surface area contributed by atoms with Gasteiger partial charge in [-0.15, -0.1) is 0 Å². The molecule has 0 spiro atoms. The smallest absolute Gasteiger partial charge is 0.225 e. The molecular weight excluding hydrogens is 240 g/mol. The van der Waals surface area contributed by atoms with E-state index in [1.165, 1.54) is 0 Å². The molecule has 2 amide bonds. The largest absolute Gasteiger partial charge is 0.351 e. The van der Waals surface area contributed by atoms with E-state index in [0.717, 1.165) is 19.4 Å². The molecule has 0 radical (unpaired) electrons. The van der Waals surface area contributed by atoms with Crippen molar-refractivity contribution in [2.24, 2.45) is 11.3 Å². The number of hydrogen-bond donors (Lipinski definition) is 1. The van der Waals surface area contributed by atoms with Crippen molar-refractivity contribution in [2.75, 3.05) is 13.1 Å². The molecule has 1 aliphatic rings. The number of nitrogens with one attached hydrogen (secondary N) is 1. The fourth-order valence-corrected chi connectivity index (χ4v) is 2.43. The molecule has 1 saturated heterocycles. The summed E-state index contributed by atoms with van der Waals surface area (Å²) >= 11 is 0. The lowest BCUT2D eigenvalue weighted by molar-refractivity contribution is -0.135. The van der Waals surface area contributed by atoms with Crippen molar-refractivity contribution in [1.82, 2.24) is 10.2 Å². The minimum Gasteiger partial charge on any atom is -0.351 e. The summed E-state index contributed by atoms with van der Waals surface area (Å²) in [5.74, 6) is 0.751. The molecule has 110 valence electrons. The molecule has 1 N–H and O–H groups in total. The number of carbonyl (C=O) groups excluding carboxylic acids is 2. The number of piperidine rings is 1. The first kappa shape index (κ1) is 16.0. The summed E-state index contributed by atoms with van der Waals surface area (Å²) in [4.78, 5) is 25.8. The molecule has 0 saturated carbocycles. The minimum absolute atomic E-state index is 0.0677. The summed E-state index contributed by atoms with van der Waals surface area (Å²) in [6.45, 7) is 11.3. The number of rotatable bonds is 3. The van der Waals surface area contributed by atoms with Crippen molar-refractivity contribution in [2.45, 2.75) is 59.9 Å². The van der Waals surface area contributed by atoms with Crippen LogP contribution in [0.5, 0.6) is 0 Å². The van der Waals surface area contributed by atoms with Crippen molar-refractivity contribution in [3.05, 3.63) is 0 Å². The summed E-state index contributed by atoms with van der Waals surface area (Å²) in [6, 6.07) is 0.0981. The van der Waals surface area contributed by atoms with Crippen LogP contribution in [0.15, 0.2) is 0 Å². The fourth-order valence-electron chi connectivity index (χ4n) is 2.43. The van der Waals surface area contributed by atoms with Gasteiger partial charge in [-0.2, -0.15) is 0 Å². The molecule has 0 aromatic heterocycles. The predicted molar refractivity (Wildman–Crippen MR) is 76.7 cm³/mol. The molecule has 4 nitrogen and oxygen atoms in total. The van der Waals surface area contributed by atoms with Crippen LogP contribution in [0.2, 0.25) is 0 Å². The molecule has 2 unspecified atom stereocenters. The number of amides is 2. The second-order valence-electron chi connectivity index (χ2n) is 6.58. The maximum Gasteiger partial charge on any atom is 0.225 e. The number of hydrogen-bond acceptors (Lipinski definition) is 2. The predicted octanol–water partition coefficient (Wildman–Crippen LogP) is 2.19. The van der Waals surface area contributed by atoms with Gasteiger partial charge in [0.2, 0.25) is 11.8 Å². The van der Waals surface area contributed by atoms with Gasteiger partial charge >= 0.3 is 0 Å². The van der Waals surface area contributed by atoms with E-state index in [0.29, 0.717) is 18.9 Å². The molecule has 2 atom stereocenters. The monoisotopic (exact) mass is 268 g/mol. The molecule has 1 aliphatic heterocycles. The Morgan fingerprint density at radius 3 is 2.32 bits per heavy atom. The second-order valence-corrected chi connectivity index (χ2v) is 6.58. The summed E-state index contributed by atoms with van der Waals surface area (Å²) < 4.78 is 0. The zero-order valence-electron chi connectivity index (χ0n) is 13.0. The van der Waals surface area contributed by atoms with Crippen LogP contribution in [-0.2, 0) is 9.59 Å². The van der Waals surface area contributed by atoms with Gasteiger partial charge in [-0.25, -0.2) is 0 Å². The normalized spacial score (nSPS) is 24.2. The fraction of sp³-hybridized carbons (Fsp3) is 0.867. The van der Waals surface area contributed by atoms with Gasteiger partial charge in [-0.1, -0.05) is 41.0 Å². The van der Waals surface area contributed by atoms with E-state index >= 15 is 0 Å². The highest BCUT2D eigenvalue weighted by Crippen LogP contribution is 2.22. The molecule has 1 fully saturated rings. The standard InChI is InChI=1S/C15H28N2O2/c1-6-11-8-12(16-14(19)15(3,4)5)10-17(9-11)13(18)7-2/h11-12H,6-10H2,1-5H3,(H,16,19). The van der Waals surface area contributed by atoms with E-state index in [2.05, 4.69) is 12.2 Å². The van der Waals surface area contributed by atoms with Gasteiger partial charge in [0.1, 0.15) is 0 Å². The Bertz CT molecular complexity index is 334. The molecule has 0 aromatic rings. The molecule has 0 aliphatic carbocycles. The van der Waals surface area contributed by atoms with Gasteiger partial charge in [0.15, 0.2) is 0 Å². The topological polar surface area (TPSA) is 49.4 Å². The van der Waals surface area contributed by atoms with Gasteiger partial charge in [-0.05, 0) is 12.3 Å². The maximum absolute atomic E-state index is 12.1. The maximum atomic E-state index is 12.1. The van der Waals surface area contributed by atoms with Crippen LogP contribution in [0.3, 0.4) is 0 Å². The zero-order chi connectivity index (χ0) is 14.6. The van der Waals surface area contributed by atoms with E-state index in [1.807, 2.05) is 32.6 Å². The van der Waals surface area contributed by atoms with Crippen molar-refractivity contribution in [3.8, 4) is 0 Å². The van der Waals surface area contributed by atoms with E-state index in [-0.39, 0.29) is 23.3 Å². The van der Waals surface area contributed by atoms with Crippen LogP contribution in [0.1, 0.15) is 53.9 Å². The third kappa shape index (κ3) is 4.51. The van der Waals surface area contributed by atoms with Crippen molar-refractivity contribution in [3.63, 3.8) is 0 Å². The highest BCUT2D eigenvalue weighted by atomic mass is 16.2. The average molecular weight is 268 g/mol. The quantitative estimate of drug-likeness (QED) is 0.853. The van der Waals surface area contributed by atoms with Crippen molar-refractivity contribution >= 4 is 11.8 Å². The Kier molecular flexibility index (Phi) is 5.39. The van der Waals surface area contributed by atoms with Gasteiger partial charge in [-0.3, -0.25) is 9.59 Å². The van der Waals surface area contributed by atoms with Crippen LogP contribution >= 0.6 is 0 Å². The summed E-state index contributed by atoms with van der Waals surface area (Å²) in [7, 11) is 0. The molecule has 0 aromatic carbocycles. The number of likely N-dealkylation sites (tertiary alicyclic amines) is 1. The molecule has 1 heterocycles. The molecule has 4 heteroatoms. The summed E-state index contributed by atoms with van der Waals surface area (Å²) in [6.07, 6.45) is 2.57. The Balaban J connectivity index is 2.67. The van der Waals surface area contributed by atoms with E-state index in [9.17, 15) is 9.59 Å². The Labute approximate surface area is 116 Å². The Morgan fingerprint density at radius 1 is 1.21 bits per heavy atom. The van der Waals surface area contributed by atoms with Crippen LogP contribution in [0.4, 0.5) is 0 Å². The van der Waals surface area contributed by atoms with Crippen LogP contribution < -0.4 is 5.32 Å². The third-order valence-corrected chi connectivity index (χ3v) is 3.79. The van der Waals surface area contributed by atoms with Gasteiger partial charge in [0.25, 0.3) is 0 Å². The van der Waals surface area contributed by atoms with Crippen LogP contribution in [0.25, 0.3) is 0 Å². The highest BCUT2D eigenvalue weighted by Gasteiger charge is 2.31. The zero-order valence-corrected chi connectivity index (χ0v) is 13.0. The Morgan fingerprint density at radius 2 is 1.84 bits per heavy atom. The second kappa shape index (κ2) is 6.40. The Hall–Kier alpha value is -1.06. The molecule has 19 heavy (non-hydrogen) atoms. The minimum atomic E-state index is -0.376. The van der Waals surface area contributed by atoms with E-state index < -0.39 is 0 Å². The first-order chi connectivity index (χ1) is 8.77. The number of carbonyl (C=O) groups is 2. The molecule has 1 rings (SSSR count). The van der Waals surface area contributed by atoms with E-state index in [1.54, 1.807) is 0 Å². The lowest BCUT2D eigenvalue weighted by atomic mass is 9.90.